The van der Waals surface area contributed by atoms with Gasteiger partial charge < -0.3 is 9.84 Å². The van der Waals surface area contributed by atoms with Crippen molar-refractivity contribution in [3.05, 3.63) is 12.8 Å². The van der Waals surface area contributed by atoms with E-state index in [4.69, 9.17) is 9.90 Å². The quantitative estimate of drug-likeness (QED) is 0.655. The van der Waals surface area contributed by atoms with Gasteiger partial charge >= 0.3 is 6.09 Å². The van der Waals surface area contributed by atoms with Gasteiger partial charge in [-0.25, -0.2) is 4.79 Å². The van der Waals surface area contributed by atoms with Crippen molar-refractivity contribution in [3.63, 3.8) is 0 Å². The molecule has 0 fully saturated rings. The molecule has 0 spiro atoms. The average Bonchev–Trinajstić information content (AvgIpc) is 1.87. The van der Waals surface area contributed by atoms with Crippen LogP contribution >= 0.6 is 0 Å². The number of ether oxygens (including phenoxy) is 1. The molecule has 0 rings (SSSR count). The van der Waals surface area contributed by atoms with Crippen LogP contribution in [-0.2, 0) is 9.53 Å². The van der Waals surface area contributed by atoms with E-state index in [0.717, 1.165) is 6.92 Å². The summed E-state index contributed by atoms with van der Waals surface area (Å²) in [5.74, 6) is -0.833. The molecule has 5 heteroatoms. The molecule has 0 saturated heterocycles. The third-order valence-electron chi connectivity index (χ3n) is 0.495. The lowest BCUT2D eigenvalue weighted by Crippen LogP contribution is -2.17. The van der Waals surface area contributed by atoms with E-state index in [1.54, 1.807) is 6.92 Å². The van der Waals surface area contributed by atoms with Gasteiger partial charge in [0.1, 0.15) is 0 Å². The minimum atomic E-state index is -0.833. The molecule has 0 heterocycles. The van der Waals surface area contributed by atoms with Crippen LogP contribution in [0.3, 0.4) is 0 Å². The van der Waals surface area contributed by atoms with Crippen LogP contribution in [0.15, 0.2) is 12.8 Å². The topological polar surface area (TPSA) is 75.6 Å². The minimum absolute atomic E-state index is 0.389. The first-order valence-electron chi connectivity index (χ1n) is 3.28. The minimum Gasteiger partial charge on any atom is -0.481 e. The summed E-state index contributed by atoms with van der Waals surface area (Å²) in [6.45, 7) is 6.48. The van der Waals surface area contributed by atoms with E-state index in [-0.39, 0.29) is 0 Å². The van der Waals surface area contributed by atoms with Gasteiger partial charge in [-0.1, -0.05) is 6.58 Å². The molecular weight excluding hydrogens is 162 g/mol. The molecule has 0 aliphatic rings. The highest BCUT2D eigenvalue weighted by Gasteiger charge is 1.91. The summed E-state index contributed by atoms with van der Waals surface area (Å²) in [5.41, 5.74) is 0. The second-order valence-corrected chi connectivity index (χ2v) is 1.59. The Morgan fingerprint density at radius 3 is 2.33 bits per heavy atom. The summed E-state index contributed by atoms with van der Waals surface area (Å²) in [5, 5.41) is 9.67. The lowest BCUT2D eigenvalue weighted by atomic mass is 10.8. The van der Waals surface area contributed by atoms with Gasteiger partial charge in [-0.3, -0.25) is 10.1 Å². The van der Waals surface area contributed by atoms with E-state index in [2.05, 4.69) is 16.6 Å². The van der Waals surface area contributed by atoms with Gasteiger partial charge in [0.25, 0.3) is 5.97 Å². The molecule has 0 bridgehead atoms. The van der Waals surface area contributed by atoms with Crippen molar-refractivity contribution in [1.82, 2.24) is 5.32 Å². The Labute approximate surface area is 71.0 Å². The maximum absolute atomic E-state index is 10.2. The van der Waals surface area contributed by atoms with E-state index in [9.17, 15) is 4.79 Å². The maximum atomic E-state index is 10.2. The van der Waals surface area contributed by atoms with Crippen molar-refractivity contribution < 1.29 is 19.4 Å². The standard InChI is InChI=1S/C5H9NO2.C2H4O2/c1-3-6-5(7)8-4-2;1-2(3)4/h3H,1,4H2,2H3,(H,6,7);1H3,(H,3,4). The summed E-state index contributed by atoms with van der Waals surface area (Å²) in [6, 6.07) is 0. The predicted octanol–water partition coefficient (Wildman–Crippen LogP) is 0.967. The van der Waals surface area contributed by atoms with Gasteiger partial charge in [0.05, 0.1) is 6.61 Å². The van der Waals surface area contributed by atoms with Crippen molar-refractivity contribution >= 4 is 12.1 Å². The first-order valence-corrected chi connectivity index (χ1v) is 3.28. The monoisotopic (exact) mass is 175 g/mol. The average molecular weight is 175 g/mol. The smallest absolute Gasteiger partial charge is 0.411 e. The fourth-order valence-electron chi connectivity index (χ4n) is 0.256. The summed E-state index contributed by atoms with van der Waals surface area (Å²) in [4.78, 5) is 19.2. The number of hydrogen-bond donors (Lipinski definition) is 2. The Morgan fingerprint density at radius 1 is 1.67 bits per heavy atom. The molecule has 0 atom stereocenters. The van der Waals surface area contributed by atoms with Crippen LogP contribution in [0.4, 0.5) is 4.79 Å². The molecular formula is C7H13NO4. The third kappa shape index (κ3) is 23.6. The van der Waals surface area contributed by atoms with Crippen molar-refractivity contribution in [2.75, 3.05) is 6.61 Å². The summed E-state index contributed by atoms with van der Waals surface area (Å²) >= 11 is 0. The Bertz CT molecular complexity index is 151. The summed E-state index contributed by atoms with van der Waals surface area (Å²) < 4.78 is 4.46. The van der Waals surface area contributed by atoms with Gasteiger partial charge in [0.2, 0.25) is 0 Å². The van der Waals surface area contributed by atoms with E-state index in [1.165, 1.54) is 6.20 Å². The van der Waals surface area contributed by atoms with Crippen LogP contribution in [0.2, 0.25) is 0 Å². The van der Waals surface area contributed by atoms with Gasteiger partial charge in [0, 0.05) is 6.92 Å². The predicted molar refractivity (Wildman–Crippen MR) is 43.7 cm³/mol. The molecule has 0 radical (unpaired) electrons. The second kappa shape index (κ2) is 9.48. The second-order valence-electron chi connectivity index (χ2n) is 1.59. The largest absolute Gasteiger partial charge is 0.481 e. The number of nitrogens with one attached hydrogen (secondary N) is 1. The molecule has 1 amide bonds. The number of carboxylic acids is 1. The number of amides is 1. The van der Waals surface area contributed by atoms with Gasteiger partial charge in [-0.2, -0.15) is 0 Å². The number of rotatable bonds is 2. The number of carboxylic acid groups (broad SMARTS) is 1. The molecule has 2 N–H and O–H groups in total. The SMILES string of the molecule is C=CNC(=O)OCC.CC(=O)O. The van der Waals surface area contributed by atoms with E-state index >= 15 is 0 Å². The Hall–Kier alpha value is -1.52. The highest BCUT2D eigenvalue weighted by molar-refractivity contribution is 5.68. The van der Waals surface area contributed by atoms with Crippen LogP contribution in [0.5, 0.6) is 0 Å². The van der Waals surface area contributed by atoms with Gasteiger partial charge in [-0.05, 0) is 13.1 Å². The van der Waals surface area contributed by atoms with Crippen LogP contribution in [0.25, 0.3) is 0 Å². The van der Waals surface area contributed by atoms with E-state index < -0.39 is 12.1 Å². The van der Waals surface area contributed by atoms with Gasteiger partial charge in [0.15, 0.2) is 0 Å². The molecule has 0 aromatic rings. The van der Waals surface area contributed by atoms with E-state index in [1.807, 2.05) is 0 Å². The van der Waals surface area contributed by atoms with Crippen molar-refractivity contribution in [3.8, 4) is 0 Å². The highest BCUT2D eigenvalue weighted by Crippen LogP contribution is 1.73. The molecule has 12 heavy (non-hydrogen) atoms. The van der Waals surface area contributed by atoms with E-state index in [0.29, 0.717) is 6.61 Å². The maximum Gasteiger partial charge on any atom is 0.411 e. The number of aliphatic carboxylic acids is 1. The zero-order chi connectivity index (χ0) is 9.98. The molecule has 0 saturated carbocycles. The Morgan fingerprint density at radius 2 is 2.08 bits per heavy atom. The molecule has 0 aromatic heterocycles. The lowest BCUT2D eigenvalue weighted by molar-refractivity contribution is -0.134. The van der Waals surface area contributed by atoms with Gasteiger partial charge in [-0.15, -0.1) is 0 Å². The first-order chi connectivity index (χ1) is 5.54. The zero-order valence-electron chi connectivity index (χ0n) is 7.16. The normalized spacial score (nSPS) is 7.17. The molecule has 70 valence electrons. The van der Waals surface area contributed by atoms with Crippen LogP contribution in [0, 0.1) is 0 Å². The van der Waals surface area contributed by atoms with Crippen LogP contribution < -0.4 is 5.32 Å². The zero-order valence-corrected chi connectivity index (χ0v) is 7.16. The third-order valence-corrected chi connectivity index (χ3v) is 0.495. The fraction of sp³-hybridized carbons (Fsp3) is 0.429. The Balaban J connectivity index is 0. The number of carbonyl (C=O) groups excluding carboxylic acids is 1. The molecule has 0 aromatic carbocycles. The molecule has 0 aliphatic carbocycles. The number of hydrogen-bond acceptors (Lipinski definition) is 3. The fourth-order valence-corrected chi connectivity index (χ4v) is 0.256. The number of alkyl carbamates (subject to hydrolysis) is 1. The lowest BCUT2D eigenvalue weighted by Gasteiger charge is -1.96. The van der Waals surface area contributed by atoms with Crippen LogP contribution in [-0.4, -0.2) is 23.8 Å². The Kier molecular flexibility index (Phi) is 10.3. The van der Waals surface area contributed by atoms with Crippen molar-refractivity contribution in [2.24, 2.45) is 0 Å². The molecule has 0 unspecified atom stereocenters. The summed E-state index contributed by atoms with van der Waals surface area (Å²) in [6.07, 6.45) is 0.820. The van der Waals surface area contributed by atoms with Crippen molar-refractivity contribution in [1.29, 1.82) is 0 Å². The highest BCUT2D eigenvalue weighted by atomic mass is 16.5. The summed E-state index contributed by atoms with van der Waals surface area (Å²) in [7, 11) is 0. The number of carbonyl (C=O) groups is 2. The first kappa shape index (κ1) is 13.1. The van der Waals surface area contributed by atoms with Crippen LogP contribution in [0.1, 0.15) is 13.8 Å². The molecule has 5 nitrogen and oxygen atoms in total. The van der Waals surface area contributed by atoms with Crippen molar-refractivity contribution in [2.45, 2.75) is 13.8 Å². The molecule has 0 aliphatic heterocycles.